The van der Waals surface area contributed by atoms with E-state index < -0.39 is 10.0 Å². The first-order valence-electron chi connectivity index (χ1n) is 11.4. The highest BCUT2D eigenvalue weighted by atomic mass is 32.2. The van der Waals surface area contributed by atoms with Crippen molar-refractivity contribution in [1.82, 2.24) is 14.5 Å². The van der Waals surface area contributed by atoms with Gasteiger partial charge in [-0.1, -0.05) is 25.7 Å². The van der Waals surface area contributed by atoms with Gasteiger partial charge in [0.05, 0.1) is 17.1 Å². The Balaban J connectivity index is 1.67. The molecule has 0 aromatic heterocycles. The van der Waals surface area contributed by atoms with Crippen molar-refractivity contribution in [3.05, 3.63) is 29.8 Å². The third-order valence-corrected chi connectivity index (χ3v) is 8.55. The first-order valence-corrected chi connectivity index (χ1v) is 12.8. The average Bonchev–Trinajstić information content (AvgIpc) is 2.98. The molecule has 0 bridgehead atoms. The number of nitrogens with one attached hydrogen (secondary N) is 1. The van der Waals surface area contributed by atoms with Crippen LogP contribution in [0.1, 0.15) is 62.7 Å². The molecule has 31 heavy (non-hydrogen) atoms. The van der Waals surface area contributed by atoms with Crippen molar-refractivity contribution in [2.45, 2.75) is 75.0 Å². The van der Waals surface area contributed by atoms with E-state index in [1.165, 1.54) is 42.1 Å². The van der Waals surface area contributed by atoms with E-state index in [0.29, 0.717) is 25.2 Å². The molecule has 1 saturated carbocycles. The molecular formula is C23H37N3O4S. The number of sulfonamides is 1. The van der Waals surface area contributed by atoms with Gasteiger partial charge in [-0.15, -0.1) is 0 Å². The van der Waals surface area contributed by atoms with Crippen molar-refractivity contribution in [2.24, 2.45) is 0 Å². The second-order valence-electron chi connectivity index (χ2n) is 9.32. The van der Waals surface area contributed by atoms with Crippen LogP contribution in [0.3, 0.4) is 0 Å². The van der Waals surface area contributed by atoms with Gasteiger partial charge in [0.15, 0.2) is 0 Å². The molecule has 1 aliphatic carbocycles. The summed E-state index contributed by atoms with van der Waals surface area (Å²) in [7, 11) is 0.566. The molecule has 1 saturated heterocycles. The fraction of sp³-hybridized carbons (Fsp3) is 0.696. The number of nitrogens with zero attached hydrogens (tertiary/aromatic N) is 2. The van der Waals surface area contributed by atoms with Crippen molar-refractivity contribution < 1.29 is 17.9 Å². The molecule has 1 aliphatic heterocycles. The van der Waals surface area contributed by atoms with Crippen LogP contribution in [0.5, 0.6) is 0 Å². The van der Waals surface area contributed by atoms with Gasteiger partial charge in [-0.3, -0.25) is 4.79 Å². The highest BCUT2D eigenvalue weighted by molar-refractivity contribution is 7.89. The Hall–Kier alpha value is -1.48. The van der Waals surface area contributed by atoms with Crippen molar-refractivity contribution in [1.29, 1.82) is 0 Å². The molecule has 174 valence electrons. The minimum atomic E-state index is -3.61. The molecule has 1 N–H and O–H groups in total. The van der Waals surface area contributed by atoms with E-state index >= 15 is 0 Å². The van der Waals surface area contributed by atoms with E-state index in [2.05, 4.69) is 24.3 Å². The van der Waals surface area contributed by atoms with Gasteiger partial charge in [0.1, 0.15) is 0 Å². The van der Waals surface area contributed by atoms with Crippen molar-refractivity contribution in [3.8, 4) is 0 Å². The van der Waals surface area contributed by atoms with Crippen molar-refractivity contribution >= 4 is 15.9 Å². The maximum absolute atomic E-state index is 13.0. The van der Waals surface area contributed by atoms with Crippen LogP contribution in [-0.4, -0.2) is 75.0 Å². The fourth-order valence-electron chi connectivity index (χ4n) is 4.77. The highest BCUT2D eigenvalue weighted by Gasteiger charge is 2.34. The molecule has 1 amide bonds. The fourth-order valence-corrected chi connectivity index (χ4v) is 6.36. The van der Waals surface area contributed by atoms with E-state index in [4.69, 9.17) is 4.74 Å². The number of carbonyl (C=O) groups is 1. The minimum Gasteiger partial charge on any atom is -0.373 e. The summed E-state index contributed by atoms with van der Waals surface area (Å²) in [6, 6.07) is 6.26. The van der Waals surface area contributed by atoms with E-state index in [1.54, 1.807) is 12.1 Å². The number of hydrogen-bond donors (Lipinski definition) is 1. The van der Waals surface area contributed by atoms with Crippen LogP contribution in [-0.2, 0) is 14.8 Å². The quantitative estimate of drug-likeness (QED) is 0.673. The van der Waals surface area contributed by atoms with E-state index in [0.717, 1.165) is 12.8 Å². The van der Waals surface area contributed by atoms with Gasteiger partial charge < -0.3 is 15.0 Å². The number of hydrogen-bond acceptors (Lipinski definition) is 5. The molecule has 1 aromatic rings. The summed E-state index contributed by atoms with van der Waals surface area (Å²) in [6.45, 7) is 5.02. The molecule has 2 aliphatic rings. The molecule has 1 heterocycles. The maximum atomic E-state index is 13.0. The molecular weight excluding hydrogens is 414 g/mol. The second-order valence-corrected chi connectivity index (χ2v) is 11.3. The molecule has 0 spiro atoms. The molecule has 2 atom stereocenters. The maximum Gasteiger partial charge on any atom is 0.251 e. The summed E-state index contributed by atoms with van der Waals surface area (Å²) >= 11 is 0. The van der Waals surface area contributed by atoms with E-state index in [9.17, 15) is 13.2 Å². The lowest BCUT2D eigenvalue weighted by atomic mass is 9.88. The zero-order valence-electron chi connectivity index (χ0n) is 19.3. The number of morpholine rings is 1. The minimum absolute atomic E-state index is 0.0147. The Morgan fingerprint density at radius 1 is 1.06 bits per heavy atom. The Morgan fingerprint density at radius 2 is 1.61 bits per heavy atom. The molecule has 1 aromatic carbocycles. The number of ether oxygens (including phenoxy) is 1. The monoisotopic (exact) mass is 451 g/mol. The summed E-state index contributed by atoms with van der Waals surface area (Å²) in [5.41, 5.74) is 0.462. The number of benzene rings is 1. The molecule has 7 nitrogen and oxygen atoms in total. The number of amides is 1. The van der Waals surface area contributed by atoms with Gasteiger partial charge in [0.2, 0.25) is 10.0 Å². The van der Waals surface area contributed by atoms with Crippen LogP contribution in [0, 0.1) is 0 Å². The summed E-state index contributed by atoms with van der Waals surface area (Å²) in [5.74, 6) is -0.164. The normalized spacial score (nSPS) is 25.2. The lowest BCUT2D eigenvalue weighted by molar-refractivity contribution is -0.0440. The van der Waals surface area contributed by atoms with Gasteiger partial charge in [-0.05, 0) is 65.0 Å². The predicted octanol–water partition coefficient (Wildman–Crippen LogP) is 2.87. The Bertz CT molecular complexity index is 836. The van der Waals surface area contributed by atoms with Crippen LogP contribution in [0.4, 0.5) is 0 Å². The third kappa shape index (κ3) is 5.66. The van der Waals surface area contributed by atoms with Crippen molar-refractivity contribution in [3.63, 3.8) is 0 Å². The third-order valence-electron chi connectivity index (χ3n) is 6.70. The summed E-state index contributed by atoms with van der Waals surface area (Å²) < 4.78 is 33.1. The SMILES string of the molecule is CC1CN(S(=O)(=O)c2ccc(C(=O)NCC3(N(C)C)CCCCCC3)cc2)CC(C)O1. The topological polar surface area (TPSA) is 79.0 Å². The lowest BCUT2D eigenvalue weighted by Crippen LogP contribution is -2.52. The van der Waals surface area contributed by atoms with Crippen molar-refractivity contribution in [2.75, 3.05) is 33.7 Å². The van der Waals surface area contributed by atoms with Gasteiger partial charge in [0.25, 0.3) is 5.91 Å². The second kappa shape index (κ2) is 9.98. The first-order chi connectivity index (χ1) is 14.6. The molecule has 2 fully saturated rings. The number of likely N-dealkylation sites (N-methyl/N-ethyl adjacent to an activating group) is 1. The van der Waals surface area contributed by atoms with Gasteiger partial charge in [-0.2, -0.15) is 4.31 Å². The number of carbonyl (C=O) groups excluding carboxylic acids is 1. The number of rotatable bonds is 6. The van der Waals surface area contributed by atoms with E-state index in [1.807, 2.05) is 13.8 Å². The smallest absolute Gasteiger partial charge is 0.251 e. The zero-order chi connectivity index (χ0) is 22.6. The predicted molar refractivity (Wildman–Crippen MR) is 122 cm³/mol. The van der Waals surface area contributed by atoms with Crippen LogP contribution in [0.25, 0.3) is 0 Å². The summed E-state index contributed by atoms with van der Waals surface area (Å²) in [6.07, 6.45) is 6.73. The molecule has 0 radical (unpaired) electrons. The standard InChI is InChI=1S/C23H37N3O4S/c1-18-15-26(16-19(2)30-18)31(28,29)21-11-9-20(10-12-21)22(27)24-17-23(25(3)4)13-7-5-6-8-14-23/h9-12,18-19H,5-8,13-17H2,1-4H3,(H,24,27). The first kappa shape index (κ1) is 24.2. The molecule has 8 heteroatoms. The zero-order valence-corrected chi connectivity index (χ0v) is 20.1. The lowest BCUT2D eigenvalue weighted by Gasteiger charge is -2.39. The highest BCUT2D eigenvalue weighted by Crippen LogP contribution is 2.30. The van der Waals surface area contributed by atoms with Gasteiger partial charge >= 0.3 is 0 Å². The summed E-state index contributed by atoms with van der Waals surface area (Å²) in [4.78, 5) is 15.2. The van der Waals surface area contributed by atoms with Gasteiger partial charge in [0, 0.05) is 30.7 Å². The Morgan fingerprint density at radius 3 is 2.13 bits per heavy atom. The van der Waals surface area contributed by atoms with Crippen LogP contribution in [0.15, 0.2) is 29.2 Å². The summed E-state index contributed by atoms with van der Waals surface area (Å²) in [5, 5.41) is 3.09. The Labute approximate surface area is 187 Å². The van der Waals surface area contributed by atoms with Crippen LogP contribution < -0.4 is 5.32 Å². The Kier molecular flexibility index (Phi) is 7.78. The average molecular weight is 452 g/mol. The van der Waals surface area contributed by atoms with Crippen LogP contribution in [0.2, 0.25) is 0 Å². The molecule has 3 rings (SSSR count). The van der Waals surface area contributed by atoms with E-state index in [-0.39, 0.29) is 28.5 Å². The van der Waals surface area contributed by atoms with Gasteiger partial charge in [-0.25, -0.2) is 8.42 Å². The largest absolute Gasteiger partial charge is 0.373 e. The molecule has 2 unspecified atom stereocenters. The van der Waals surface area contributed by atoms with Crippen LogP contribution >= 0.6 is 0 Å².